The van der Waals surface area contributed by atoms with Gasteiger partial charge in [-0.3, -0.25) is 9.25 Å². The summed E-state index contributed by atoms with van der Waals surface area (Å²) in [6.07, 6.45) is 1.15. The molecule has 0 saturated heterocycles. The van der Waals surface area contributed by atoms with Crippen LogP contribution in [-0.2, 0) is 6.54 Å². The molecular formula is C19H16F3N5O3. The van der Waals surface area contributed by atoms with Crippen LogP contribution in [0.25, 0.3) is 27.8 Å². The van der Waals surface area contributed by atoms with E-state index in [1.54, 1.807) is 24.4 Å². The third-order valence-corrected chi connectivity index (χ3v) is 4.41. The Hall–Kier alpha value is -3.76. The van der Waals surface area contributed by atoms with Crippen molar-refractivity contribution >= 4 is 10.9 Å². The van der Waals surface area contributed by atoms with Gasteiger partial charge in [0.05, 0.1) is 42.7 Å². The second-order valence-electron chi connectivity index (χ2n) is 6.40. The van der Waals surface area contributed by atoms with Crippen LogP contribution in [0.2, 0.25) is 0 Å². The van der Waals surface area contributed by atoms with E-state index >= 15 is 0 Å². The smallest absolute Gasteiger partial charge is 0.408 e. The molecule has 4 heterocycles. The van der Waals surface area contributed by atoms with Crippen molar-refractivity contribution in [3.8, 4) is 34.5 Å². The number of methoxy groups -OCH3 is 2. The molecule has 0 unspecified atom stereocenters. The van der Waals surface area contributed by atoms with Crippen molar-refractivity contribution in [1.82, 2.24) is 24.3 Å². The molecule has 8 nitrogen and oxygen atoms in total. The van der Waals surface area contributed by atoms with Crippen LogP contribution in [0.15, 0.2) is 43.0 Å². The standard InChI is InChI=1S/C19H16F3N5O3/c1-29-16-5-11(6-23-17(16)30-2)14-4-3-13-15(25-14)9-27(18(13)28)12-7-24-26(8-12)10-19(20,21)22/h3-9,28H,10H2,1-2H3. The maximum absolute atomic E-state index is 12.6. The van der Waals surface area contributed by atoms with Crippen LogP contribution in [-0.4, -0.2) is 49.8 Å². The number of aromatic nitrogens is 5. The Morgan fingerprint density at radius 2 is 1.90 bits per heavy atom. The number of hydrogen-bond acceptors (Lipinski definition) is 6. The number of hydrogen-bond donors (Lipinski definition) is 1. The van der Waals surface area contributed by atoms with E-state index in [4.69, 9.17) is 9.47 Å². The number of alkyl halides is 3. The fourth-order valence-electron chi connectivity index (χ4n) is 3.05. The topological polar surface area (TPSA) is 87.2 Å². The number of rotatable bonds is 5. The summed E-state index contributed by atoms with van der Waals surface area (Å²) < 4.78 is 50.1. The van der Waals surface area contributed by atoms with Crippen molar-refractivity contribution in [2.75, 3.05) is 14.2 Å². The van der Waals surface area contributed by atoms with Gasteiger partial charge in [0.15, 0.2) is 5.75 Å². The van der Waals surface area contributed by atoms with Crippen LogP contribution >= 0.6 is 0 Å². The lowest BCUT2D eigenvalue weighted by Gasteiger charge is -2.08. The molecule has 0 spiro atoms. The molecule has 0 amide bonds. The average molecular weight is 419 g/mol. The molecule has 1 N–H and O–H groups in total. The molecular weight excluding hydrogens is 403 g/mol. The first-order valence-electron chi connectivity index (χ1n) is 8.68. The lowest BCUT2D eigenvalue weighted by atomic mass is 10.1. The van der Waals surface area contributed by atoms with Gasteiger partial charge in [-0.1, -0.05) is 0 Å². The summed E-state index contributed by atoms with van der Waals surface area (Å²) in [5, 5.41) is 14.7. The molecule has 4 aromatic heterocycles. The normalized spacial score (nSPS) is 11.8. The largest absolute Gasteiger partial charge is 0.494 e. The summed E-state index contributed by atoms with van der Waals surface area (Å²) in [6.45, 7) is -1.22. The monoisotopic (exact) mass is 419 g/mol. The van der Waals surface area contributed by atoms with E-state index in [9.17, 15) is 18.3 Å². The summed E-state index contributed by atoms with van der Waals surface area (Å²) in [4.78, 5) is 8.71. The number of aromatic hydroxyl groups is 1. The molecule has 0 aliphatic rings. The van der Waals surface area contributed by atoms with Crippen molar-refractivity contribution in [3.63, 3.8) is 0 Å². The Labute approximate surface area is 168 Å². The Balaban J connectivity index is 1.72. The van der Waals surface area contributed by atoms with Crippen molar-refractivity contribution in [3.05, 3.63) is 43.0 Å². The second-order valence-corrected chi connectivity index (χ2v) is 6.40. The fourth-order valence-corrected chi connectivity index (χ4v) is 3.05. The number of nitrogens with zero attached hydrogens (tertiary/aromatic N) is 5. The number of fused-ring (bicyclic) bond motifs is 1. The minimum atomic E-state index is -4.39. The highest BCUT2D eigenvalue weighted by Gasteiger charge is 2.28. The number of pyridine rings is 2. The zero-order valence-corrected chi connectivity index (χ0v) is 15.9. The Kier molecular flexibility index (Phi) is 4.72. The highest BCUT2D eigenvalue weighted by molar-refractivity contribution is 5.87. The van der Waals surface area contributed by atoms with Gasteiger partial charge in [-0.15, -0.1) is 0 Å². The maximum atomic E-state index is 12.6. The first-order valence-corrected chi connectivity index (χ1v) is 8.68. The van der Waals surface area contributed by atoms with E-state index in [1.807, 2.05) is 0 Å². The van der Waals surface area contributed by atoms with Gasteiger partial charge in [0.25, 0.3) is 5.88 Å². The first kappa shape index (κ1) is 19.6. The van der Waals surface area contributed by atoms with Crippen molar-refractivity contribution in [1.29, 1.82) is 0 Å². The maximum Gasteiger partial charge on any atom is 0.408 e. The van der Waals surface area contributed by atoms with Crippen LogP contribution in [0, 0.1) is 0 Å². The van der Waals surface area contributed by atoms with Gasteiger partial charge in [0.1, 0.15) is 6.54 Å². The third kappa shape index (κ3) is 3.61. The summed E-state index contributed by atoms with van der Waals surface area (Å²) in [5.74, 6) is 0.623. The predicted molar refractivity (Wildman–Crippen MR) is 101 cm³/mol. The molecule has 0 fully saturated rings. The molecule has 11 heteroatoms. The predicted octanol–water partition coefficient (Wildman–Crippen LogP) is 3.57. The van der Waals surface area contributed by atoms with Crippen LogP contribution < -0.4 is 9.47 Å². The molecule has 0 radical (unpaired) electrons. The molecule has 0 aliphatic carbocycles. The Morgan fingerprint density at radius 3 is 2.60 bits per heavy atom. The average Bonchev–Trinajstić information content (AvgIpc) is 3.29. The van der Waals surface area contributed by atoms with Gasteiger partial charge in [0.2, 0.25) is 5.88 Å². The summed E-state index contributed by atoms with van der Waals surface area (Å²) in [6, 6.07) is 5.08. The van der Waals surface area contributed by atoms with Gasteiger partial charge in [-0.2, -0.15) is 18.3 Å². The van der Waals surface area contributed by atoms with Gasteiger partial charge in [-0.25, -0.2) is 9.97 Å². The van der Waals surface area contributed by atoms with Crippen LogP contribution in [0.1, 0.15) is 0 Å². The first-order chi connectivity index (χ1) is 14.3. The molecule has 0 aliphatic heterocycles. The lowest BCUT2D eigenvalue weighted by Crippen LogP contribution is -2.17. The molecule has 156 valence electrons. The van der Waals surface area contributed by atoms with Gasteiger partial charge in [-0.05, 0) is 18.2 Å². The highest BCUT2D eigenvalue weighted by atomic mass is 19.4. The van der Waals surface area contributed by atoms with E-state index in [1.165, 1.54) is 37.4 Å². The van der Waals surface area contributed by atoms with E-state index in [2.05, 4.69) is 15.1 Å². The van der Waals surface area contributed by atoms with E-state index in [0.717, 1.165) is 4.68 Å². The van der Waals surface area contributed by atoms with Crippen molar-refractivity contribution in [2.45, 2.75) is 12.7 Å². The quantitative estimate of drug-likeness (QED) is 0.532. The minimum absolute atomic E-state index is 0.152. The summed E-state index contributed by atoms with van der Waals surface area (Å²) >= 11 is 0. The zero-order chi connectivity index (χ0) is 21.5. The van der Waals surface area contributed by atoms with Crippen molar-refractivity contribution in [2.24, 2.45) is 0 Å². The third-order valence-electron chi connectivity index (χ3n) is 4.41. The Bertz CT molecular complexity index is 1220. The molecule has 0 atom stereocenters. The van der Waals surface area contributed by atoms with Gasteiger partial charge >= 0.3 is 6.18 Å². The van der Waals surface area contributed by atoms with Gasteiger partial charge in [0, 0.05) is 24.2 Å². The molecule has 4 aromatic rings. The number of ether oxygens (including phenoxy) is 2. The molecule has 30 heavy (non-hydrogen) atoms. The fraction of sp³-hybridized carbons (Fsp3) is 0.211. The molecule has 0 aromatic carbocycles. The molecule has 4 rings (SSSR count). The van der Waals surface area contributed by atoms with E-state index in [0.29, 0.717) is 33.8 Å². The SMILES string of the molecule is COc1cc(-c2ccc3c(O)n(-c4cnn(CC(F)(F)F)c4)cc3n2)cnc1OC. The lowest BCUT2D eigenvalue weighted by molar-refractivity contribution is -0.142. The number of halogens is 3. The van der Waals surface area contributed by atoms with Crippen LogP contribution in [0.5, 0.6) is 17.5 Å². The highest BCUT2D eigenvalue weighted by Crippen LogP contribution is 2.33. The van der Waals surface area contributed by atoms with Crippen LogP contribution in [0.4, 0.5) is 13.2 Å². The van der Waals surface area contributed by atoms with Crippen molar-refractivity contribution < 1.29 is 27.8 Å². The van der Waals surface area contributed by atoms with Gasteiger partial charge < -0.3 is 14.6 Å². The molecule has 0 bridgehead atoms. The minimum Gasteiger partial charge on any atom is -0.494 e. The van der Waals surface area contributed by atoms with Crippen LogP contribution in [0.3, 0.4) is 0 Å². The van der Waals surface area contributed by atoms with E-state index < -0.39 is 12.7 Å². The molecule has 0 saturated carbocycles. The Morgan fingerprint density at radius 1 is 1.10 bits per heavy atom. The van der Waals surface area contributed by atoms with E-state index in [-0.39, 0.29) is 11.6 Å². The zero-order valence-electron chi connectivity index (χ0n) is 15.9. The second kappa shape index (κ2) is 7.25. The summed E-state index contributed by atoms with van der Waals surface area (Å²) in [7, 11) is 2.98. The summed E-state index contributed by atoms with van der Waals surface area (Å²) in [5.41, 5.74) is 1.97.